The molecule has 0 radical (unpaired) electrons. The van der Waals surface area contributed by atoms with Crippen LogP contribution in [0.5, 0.6) is 0 Å². The van der Waals surface area contributed by atoms with Gasteiger partial charge in [0.2, 0.25) is 0 Å². The lowest BCUT2D eigenvalue weighted by atomic mass is 10.3. The summed E-state index contributed by atoms with van der Waals surface area (Å²) in [7, 11) is 0. The second-order valence-corrected chi connectivity index (χ2v) is 4.60. The molecule has 1 aliphatic rings. The average Bonchev–Trinajstić information content (AvgIpc) is 3.20. The van der Waals surface area contributed by atoms with Gasteiger partial charge in [-0.1, -0.05) is 0 Å². The van der Waals surface area contributed by atoms with Crippen LogP contribution in [0.2, 0.25) is 0 Å². The first-order valence-corrected chi connectivity index (χ1v) is 6.59. The zero-order valence-electron chi connectivity index (χ0n) is 11.0. The standard InChI is InChI=1S/C13H20N4O/c1-3-14-12-8-15-11(7-16-12)13(18)17(4-2)9-10-5-6-10/h7-8,10H,3-6,9H2,1-2H3,(H,14,16). The van der Waals surface area contributed by atoms with E-state index in [1.165, 1.54) is 12.8 Å². The Morgan fingerprint density at radius 1 is 1.39 bits per heavy atom. The number of aromatic nitrogens is 2. The first-order chi connectivity index (χ1) is 8.74. The van der Waals surface area contributed by atoms with E-state index in [1.54, 1.807) is 12.4 Å². The molecule has 2 rings (SSSR count). The zero-order chi connectivity index (χ0) is 13.0. The SMILES string of the molecule is CCNc1cnc(C(=O)N(CC)CC2CC2)cn1. The molecule has 5 nitrogen and oxygen atoms in total. The third-order valence-corrected chi connectivity index (χ3v) is 3.07. The molecule has 0 bridgehead atoms. The molecule has 0 unspecified atom stereocenters. The van der Waals surface area contributed by atoms with Crippen molar-refractivity contribution in [3.05, 3.63) is 18.1 Å². The number of carbonyl (C=O) groups is 1. The van der Waals surface area contributed by atoms with Gasteiger partial charge in [0, 0.05) is 19.6 Å². The molecule has 5 heteroatoms. The molecule has 1 aromatic heterocycles. The molecule has 0 atom stereocenters. The lowest BCUT2D eigenvalue weighted by molar-refractivity contribution is 0.0750. The van der Waals surface area contributed by atoms with E-state index in [0.29, 0.717) is 17.4 Å². The summed E-state index contributed by atoms with van der Waals surface area (Å²) in [5, 5.41) is 3.06. The van der Waals surface area contributed by atoms with Gasteiger partial charge in [-0.05, 0) is 32.6 Å². The first kappa shape index (κ1) is 12.8. The van der Waals surface area contributed by atoms with Crippen molar-refractivity contribution in [1.29, 1.82) is 0 Å². The Kier molecular flexibility index (Phi) is 4.12. The van der Waals surface area contributed by atoms with Gasteiger partial charge in [-0.25, -0.2) is 9.97 Å². The molecule has 1 aliphatic carbocycles. The van der Waals surface area contributed by atoms with Crippen molar-refractivity contribution >= 4 is 11.7 Å². The van der Waals surface area contributed by atoms with E-state index < -0.39 is 0 Å². The Balaban J connectivity index is 2.01. The highest BCUT2D eigenvalue weighted by Gasteiger charge is 2.26. The van der Waals surface area contributed by atoms with Crippen molar-refractivity contribution in [2.24, 2.45) is 5.92 Å². The van der Waals surface area contributed by atoms with Gasteiger partial charge in [0.15, 0.2) is 0 Å². The fourth-order valence-corrected chi connectivity index (χ4v) is 1.84. The molecule has 98 valence electrons. The predicted octanol–water partition coefficient (Wildman–Crippen LogP) is 1.78. The molecule has 1 saturated carbocycles. The van der Waals surface area contributed by atoms with Crippen LogP contribution in [0.4, 0.5) is 5.82 Å². The summed E-state index contributed by atoms with van der Waals surface area (Å²) in [6.45, 7) is 6.37. The van der Waals surface area contributed by atoms with Gasteiger partial charge in [0.25, 0.3) is 5.91 Å². The summed E-state index contributed by atoms with van der Waals surface area (Å²) in [5.41, 5.74) is 0.430. The van der Waals surface area contributed by atoms with Crippen molar-refractivity contribution < 1.29 is 4.79 Å². The van der Waals surface area contributed by atoms with E-state index in [9.17, 15) is 4.79 Å². The summed E-state index contributed by atoms with van der Waals surface area (Å²) in [5.74, 6) is 1.39. The second-order valence-electron chi connectivity index (χ2n) is 4.60. The van der Waals surface area contributed by atoms with Crippen molar-refractivity contribution in [1.82, 2.24) is 14.9 Å². The topological polar surface area (TPSA) is 58.1 Å². The largest absolute Gasteiger partial charge is 0.369 e. The van der Waals surface area contributed by atoms with E-state index >= 15 is 0 Å². The fourth-order valence-electron chi connectivity index (χ4n) is 1.84. The Bertz CT molecular complexity index is 400. The van der Waals surface area contributed by atoms with Crippen LogP contribution in [-0.2, 0) is 0 Å². The van der Waals surface area contributed by atoms with Crippen LogP contribution < -0.4 is 5.32 Å². The van der Waals surface area contributed by atoms with E-state index in [0.717, 1.165) is 19.6 Å². The summed E-state index contributed by atoms with van der Waals surface area (Å²) in [4.78, 5) is 22.4. The smallest absolute Gasteiger partial charge is 0.274 e. The van der Waals surface area contributed by atoms with Gasteiger partial charge in [-0.2, -0.15) is 0 Å². The number of anilines is 1. The Morgan fingerprint density at radius 3 is 2.67 bits per heavy atom. The summed E-state index contributed by atoms with van der Waals surface area (Å²) in [6.07, 6.45) is 5.65. The van der Waals surface area contributed by atoms with Crippen LogP contribution >= 0.6 is 0 Å². The molecular formula is C13H20N4O. The fraction of sp³-hybridized carbons (Fsp3) is 0.615. The Labute approximate surface area is 108 Å². The summed E-state index contributed by atoms with van der Waals surface area (Å²) < 4.78 is 0. The van der Waals surface area contributed by atoms with Crippen LogP contribution in [0.1, 0.15) is 37.2 Å². The minimum atomic E-state index is -0.0139. The molecule has 18 heavy (non-hydrogen) atoms. The molecule has 0 spiro atoms. The lowest BCUT2D eigenvalue weighted by Crippen LogP contribution is -2.33. The quantitative estimate of drug-likeness (QED) is 0.833. The second kappa shape index (κ2) is 5.80. The van der Waals surface area contributed by atoms with Crippen LogP contribution in [0.15, 0.2) is 12.4 Å². The monoisotopic (exact) mass is 248 g/mol. The molecular weight excluding hydrogens is 228 g/mol. The van der Waals surface area contributed by atoms with Gasteiger partial charge < -0.3 is 10.2 Å². The molecule has 1 N–H and O–H groups in total. The van der Waals surface area contributed by atoms with E-state index in [4.69, 9.17) is 0 Å². The maximum Gasteiger partial charge on any atom is 0.274 e. The van der Waals surface area contributed by atoms with Crippen LogP contribution in [0.3, 0.4) is 0 Å². The molecule has 1 amide bonds. The molecule has 1 heterocycles. The number of hydrogen-bond acceptors (Lipinski definition) is 4. The van der Waals surface area contributed by atoms with Gasteiger partial charge in [-0.3, -0.25) is 4.79 Å². The van der Waals surface area contributed by atoms with Gasteiger partial charge >= 0.3 is 0 Å². The van der Waals surface area contributed by atoms with Crippen LogP contribution in [-0.4, -0.2) is 40.4 Å². The number of amides is 1. The van der Waals surface area contributed by atoms with Gasteiger partial charge in [-0.15, -0.1) is 0 Å². The highest BCUT2D eigenvalue weighted by Crippen LogP contribution is 2.29. The average molecular weight is 248 g/mol. The van der Waals surface area contributed by atoms with Crippen molar-refractivity contribution in [3.8, 4) is 0 Å². The van der Waals surface area contributed by atoms with Crippen LogP contribution in [0.25, 0.3) is 0 Å². The predicted molar refractivity (Wildman–Crippen MR) is 70.5 cm³/mol. The zero-order valence-corrected chi connectivity index (χ0v) is 11.0. The maximum absolute atomic E-state index is 12.2. The molecule has 1 aromatic rings. The Morgan fingerprint density at radius 2 is 2.17 bits per heavy atom. The summed E-state index contributed by atoms with van der Waals surface area (Å²) >= 11 is 0. The highest BCUT2D eigenvalue weighted by molar-refractivity contribution is 5.92. The van der Waals surface area contributed by atoms with Crippen LogP contribution in [0, 0.1) is 5.92 Å². The van der Waals surface area contributed by atoms with Crippen molar-refractivity contribution in [3.63, 3.8) is 0 Å². The lowest BCUT2D eigenvalue weighted by Gasteiger charge is -2.20. The Hall–Kier alpha value is -1.65. The normalized spacial score (nSPS) is 14.3. The highest BCUT2D eigenvalue weighted by atomic mass is 16.2. The van der Waals surface area contributed by atoms with E-state index in [-0.39, 0.29) is 5.91 Å². The molecule has 0 aromatic carbocycles. The summed E-state index contributed by atoms with van der Waals surface area (Å²) in [6, 6.07) is 0. The third kappa shape index (κ3) is 3.18. The molecule has 1 fully saturated rings. The first-order valence-electron chi connectivity index (χ1n) is 6.59. The van der Waals surface area contributed by atoms with Crippen molar-refractivity contribution in [2.45, 2.75) is 26.7 Å². The number of hydrogen-bond donors (Lipinski definition) is 1. The molecule has 0 saturated heterocycles. The van der Waals surface area contributed by atoms with Crippen molar-refractivity contribution in [2.75, 3.05) is 25.0 Å². The van der Waals surface area contributed by atoms with E-state index in [1.807, 2.05) is 18.7 Å². The third-order valence-electron chi connectivity index (χ3n) is 3.07. The maximum atomic E-state index is 12.2. The number of nitrogens with zero attached hydrogens (tertiary/aromatic N) is 3. The van der Waals surface area contributed by atoms with Gasteiger partial charge in [0.05, 0.1) is 12.4 Å². The van der Waals surface area contributed by atoms with Gasteiger partial charge in [0.1, 0.15) is 11.5 Å². The number of rotatable bonds is 6. The minimum Gasteiger partial charge on any atom is -0.369 e. The number of nitrogens with one attached hydrogen (secondary N) is 1. The molecule has 0 aliphatic heterocycles. The number of carbonyl (C=O) groups excluding carboxylic acids is 1. The minimum absolute atomic E-state index is 0.0139. The van der Waals surface area contributed by atoms with E-state index in [2.05, 4.69) is 15.3 Å².